The molecule has 0 aliphatic carbocycles. The molecule has 0 fully saturated rings. The van der Waals surface area contributed by atoms with Crippen LogP contribution in [-0.4, -0.2) is 4.92 Å². The first kappa shape index (κ1) is 9.31. The molecular weight excluding hydrogens is 98.0 g/mol. The van der Waals surface area contributed by atoms with E-state index >= 15 is 0 Å². The quantitative estimate of drug-likeness (QED) is 0.357. The van der Waals surface area contributed by atoms with E-state index in [1.807, 2.05) is 0 Å². The first-order chi connectivity index (χ1) is 2.64. The van der Waals surface area contributed by atoms with Crippen LogP contribution in [0.25, 0.3) is 0 Å². The third-order valence-corrected chi connectivity index (χ3v) is 0.235. The molecule has 0 saturated heterocycles. The number of hydrogen-bond donors (Lipinski definition) is 2. The van der Waals surface area contributed by atoms with Crippen molar-refractivity contribution in [2.24, 2.45) is 5.73 Å². The predicted octanol–water partition coefficient (Wildman–Crippen LogP) is -0.145. The monoisotopic (exact) mass is 105 g/mol. The molecule has 5 heteroatoms. The van der Waals surface area contributed by atoms with Crippen molar-refractivity contribution in [2.75, 3.05) is 0 Å². The summed E-state index contributed by atoms with van der Waals surface area (Å²) < 4.78 is 0. The topological polar surface area (TPSA) is 104 Å². The molecule has 42 valence electrons. The van der Waals surface area contributed by atoms with Crippen LogP contribution in [0.3, 0.4) is 0 Å². The van der Waals surface area contributed by atoms with Gasteiger partial charge in [0.25, 0.3) is 0 Å². The molecule has 0 aromatic carbocycles. The van der Waals surface area contributed by atoms with Crippen molar-refractivity contribution in [3.8, 4) is 0 Å². The average Bonchev–Trinajstić information content (AvgIpc) is 1.36. The van der Waals surface area contributed by atoms with Crippen LogP contribution in [0.15, 0.2) is 12.4 Å². The zero-order chi connectivity index (χ0) is 5.15. The van der Waals surface area contributed by atoms with Crippen molar-refractivity contribution < 1.29 is 4.92 Å². The number of hydrogen-bond acceptors (Lipinski definition) is 4. The zero-order valence-corrected chi connectivity index (χ0v) is 3.76. The fraction of sp³-hybridized carbons (Fsp3) is 0. The largest absolute Gasteiger partial charge is 0.358 e. The number of nitro groups is 1. The lowest BCUT2D eigenvalue weighted by atomic mass is 10.9. The van der Waals surface area contributed by atoms with Gasteiger partial charge in [-0.1, -0.05) is 0 Å². The fourth-order valence-corrected chi connectivity index (χ4v) is 0. The highest BCUT2D eigenvalue weighted by Gasteiger charge is 1.86. The van der Waals surface area contributed by atoms with E-state index in [0.717, 1.165) is 0 Å². The van der Waals surface area contributed by atoms with E-state index in [1.54, 1.807) is 0 Å². The molecule has 0 heterocycles. The Morgan fingerprint density at radius 1 is 1.86 bits per heavy atom. The molecule has 0 aromatic heterocycles. The van der Waals surface area contributed by atoms with E-state index < -0.39 is 10.7 Å². The van der Waals surface area contributed by atoms with Crippen molar-refractivity contribution >= 4 is 0 Å². The Morgan fingerprint density at radius 2 is 2.00 bits per heavy atom. The molecular formula is C2H7N3O2. The molecule has 0 aliphatic rings. The molecule has 0 aromatic rings. The molecule has 7 heavy (non-hydrogen) atoms. The zero-order valence-electron chi connectivity index (χ0n) is 3.76. The summed E-state index contributed by atoms with van der Waals surface area (Å²) in [7, 11) is 0. The van der Waals surface area contributed by atoms with Gasteiger partial charge in [0.05, 0.1) is 0 Å². The lowest BCUT2D eigenvalue weighted by Gasteiger charge is -1.84. The minimum atomic E-state index is -0.750. The maximum Gasteiger partial charge on any atom is 0.306 e. The maximum atomic E-state index is 9.28. The van der Waals surface area contributed by atoms with Crippen LogP contribution in [0.1, 0.15) is 0 Å². The summed E-state index contributed by atoms with van der Waals surface area (Å²) >= 11 is 0. The molecule has 0 atom stereocenters. The van der Waals surface area contributed by atoms with Crippen LogP contribution in [0.5, 0.6) is 0 Å². The Morgan fingerprint density at radius 3 is 2.00 bits per heavy atom. The minimum absolute atomic E-state index is 0. The smallest absolute Gasteiger partial charge is 0.306 e. The van der Waals surface area contributed by atoms with Gasteiger partial charge in [-0.15, -0.1) is 0 Å². The Hall–Kier alpha value is -1.10. The molecule has 0 saturated carbocycles. The SMILES string of the molecule is C=C(N)[N+](=O)[O-].N. The van der Waals surface area contributed by atoms with Gasteiger partial charge in [-0.05, 0) is 11.5 Å². The van der Waals surface area contributed by atoms with Crippen LogP contribution in [-0.2, 0) is 0 Å². The molecule has 0 amide bonds. The normalized spacial score (nSPS) is 6.29. The van der Waals surface area contributed by atoms with Crippen molar-refractivity contribution in [1.29, 1.82) is 0 Å². The van der Waals surface area contributed by atoms with E-state index in [4.69, 9.17) is 0 Å². The van der Waals surface area contributed by atoms with Crippen LogP contribution in [0.4, 0.5) is 0 Å². The molecule has 0 unspecified atom stereocenters. The van der Waals surface area contributed by atoms with E-state index in [-0.39, 0.29) is 6.15 Å². The molecule has 0 rings (SSSR count). The lowest BCUT2D eigenvalue weighted by Crippen LogP contribution is -2.05. The highest BCUT2D eigenvalue weighted by molar-refractivity contribution is 4.67. The summed E-state index contributed by atoms with van der Waals surface area (Å²) in [6, 6.07) is 0. The van der Waals surface area contributed by atoms with E-state index in [0.29, 0.717) is 0 Å². The van der Waals surface area contributed by atoms with E-state index in [2.05, 4.69) is 12.3 Å². The van der Waals surface area contributed by atoms with Crippen LogP contribution in [0.2, 0.25) is 0 Å². The Bertz CT molecular complexity index is 76.9. The first-order valence-corrected chi connectivity index (χ1v) is 1.23. The van der Waals surface area contributed by atoms with Gasteiger partial charge in [-0.2, -0.15) is 0 Å². The van der Waals surface area contributed by atoms with Crippen molar-refractivity contribution in [3.05, 3.63) is 22.5 Å². The second-order valence-electron chi connectivity index (χ2n) is 0.748. The van der Waals surface area contributed by atoms with Gasteiger partial charge in [0.15, 0.2) is 0 Å². The van der Waals surface area contributed by atoms with Gasteiger partial charge in [0.2, 0.25) is 0 Å². The van der Waals surface area contributed by atoms with Crippen molar-refractivity contribution in [1.82, 2.24) is 6.15 Å². The lowest BCUT2D eigenvalue weighted by molar-refractivity contribution is -0.425. The highest BCUT2D eigenvalue weighted by Crippen LogP contribution is 1.71. The summed E-state index contributed by atoms with van der Waals surface area (Å²) in [5, 5.41) is 9.28. The van der Waals surface area contributed by atoms with Crippen LogP contribution >= 0.6 is 0 Å². The standard InChI is InChI=1S/C2H4N2O2.H3N/c1-2(3)4(5)6;/h1,3H2;1H3. The second kappa shape index (κ2) is 3.10. The van der Waals surface area contributed by atoms with Gasteiger partial charge in [-0.3, -0.25) is 5.73 Å². The molecule has 5 nitrogen and oxygen atoms in total. The molecule has 0 bridgehead atoms. The van der Waals surface area contributed by atoms with E-state index in [9.17, 15) is 10.1 Å². The van der Waals surface area contributed by atoms with E-state index in [1.165, 1.54) is 0 Å². The summed E-state index contributed by atoms with van der Waals surface area (Å²) in [6.07, 6.45) is 0. The third-order valence-electron chi connectivity index (χ3n) is 0.235. The predicted molar refractivity (Wildman–Crippen MR) is 25.3 cm³/mol. The summed E-state index contributed by atoms with van der Waals surface area (Å²) in [4.78, 5) is 8.53. The molecule has 5 N–H and O–H groups in total. The van der Waals surface area contributed by atoms with Crippen molar-refractivity contribution in [2.45, 2.75) is 0 Å². The summed E-state index contributed by atoms with van der Waals surface area (Å²) in [5.41, 5.74) is 4.54. The van der Waals surface area contributed by atoms with Crippen LogP contribution < -0.4 is 11.9 Å². The van der Waals surface area contributed by atoms with Gasteiger partial charge in [-0.25, -0.2) is 0 Å². The Kier molecular flexibility index (Phi) is 4.13. The Balaban J connectivity index is 0. The van der Waals surface area contributed by atoms with Crippen molar-refractivity contribution in [3.63, 3.8) is 0 Å². The minimum Gasteiger partial charge on any atom is -0.358 e. The summed E-state index contributed by atoms with van der Waals surface area (Å²) in [5.74, 6) is -0.519. The first-order valence-electron chi connectivity index (χ1n) is 1.23. The molecule has 0 spiro atoms. The Labute approximate surface area is 40.5 Å². The maximum absolute atomic E-state index is 9.28. The fourth-order valence-electron chi connectivity index (χ4n) is 0. The average molecular weight is 105 g/mol. The summed E-state index contributed by atoms with van der Waals surface area (Å²) in [6.45, 7) is 2.83. The number of rotatable bonds is 1. The highest BCUT2D eigenvalue weighted by atomic mass is 16.6. The van der Waals surface area contributed by atoms with Gasteiger partial charge in [0, 0.05) is 0 Å². The van der Waals surface area contributed by atoms with Crippen LogP contribution in [0, 0.1) is 10.1 Å². The van der Waals surface area contributed by atoms with Gasteiger partial charge >= 0.3 is 5.82 Å². The van der Waals surface area contributed by atoms with Gasteiger partial charge < -0.3 is 16.3 Å². The van der Waals surface area contributed by atoms with Gasteiger partial charge in [0.1, 0.15) is 0 Å². The number of nitrogens with zero attached hydrogens (tertiary/aromatic N) is 1. The molecule has 0 radical (unpaired) electrons. The number of nitrogens with two attached hydrogens (primary N) is 1. The molecule has 0 aliphatic heterocycles. The third kappa shape index (κ3) is 4.90. The second-order valence-corrected chi connectivity index (χ2v) is 0.748.